The number of unbranched alkanes of at least 4 members (excludes halogenated alkanes) is 1. The van der Waals surface area contributed by atoms with E-state index in [1.54, 1.807) is 0 Å². The average molecular weight is 970 g/mol. The lowest BCUT2D eigenvalue weighted by Crippen LogP contribution is -2.24. The first-order valence-corrected chi connectivity index (χ1v) is 19.5. The van der Waals surface area contributed by atoms with Gasteiger partial charge in [0.1, 0.15) is 0 Å². The van der Waals surface area contributed by atoms with Crippen LogP contribution in [0.15, 0.2) is 72.8 Å². The summed E-state index contributed by atoms with van der Waals surface area (Å²) in [6.45, 7) is 0. The summed E-state index contributed by atoms with van der Waals surface area (Å²) in [5, 5.41) is -4.51. The molecule has 62 heavy (non-hydrogen) atoms. The van der Waals surface area contributed by atoms with Crippen LogP contribution in [-0.2, 0) is 49.4 Å². The van der Waals surface area contributed by atoms with Crippen molar-refractivity contribution in [1.82, 2.24) is 0 Å². The zero-order chi connectivity index (χ0) is 47.4. The Kier molecular flexibility index (Phi) is 14.1. The summed E-state index contributed by atoms with van der Waals surface area (Å²) in [5.74, 6) is 0. The fourth-order valence-electron chi connectivity index (χ4n) is 5.73. The molecule has 0 aliphatic carbocycles. The van der Waals surface area contributed by atoms with Crippen LogP contribution in [0.1, 0.15) is 57.3 Å². The summed E-state index contributed by atoms with van der Waals surface area (Å²) >= 11 is 0. The average Bonchev–Trinajstić information content (AvgIpc) is 3.09. The zero-order valence-electron chi connectivity index (χ0n) is 29.7. The standard InChI is InChI=1S/C36H20F24P2/c37-29(38,39)17-5-18(30(40,41)42)10-25(9-17)61(26-11-19(31(43,44)45)6-20(12-26)32(46,47)48)3-1-2-4-62(27-13-21(33(49,50)51)7-22(14-27)34(52,53)54)28-15-23(35(55,56)57)8-24(16-28)36(58,59)60/h5-16H,1-4H2. The molecule has 0 bridgehead atoms. The summed E-state index contributed by atoms with van der Waals surface area (Å²) in [6, 6.07) is -1.78. The van der Waals surface area contributed by atoms with Crippen molar-refractivity contribution in [2.45, 2.75) is 62.3 Å². The van der Waals surface area contributed by atoms with Crippen LogP contribution < -0.4 is 21.2 Å². The minimum absolute atomic E-state index is 0.00996. The Hall–Kier alpha value is -3.94. The van der Waals surface area contributed by atoms with Gasteiger partial charge in [0, 0.05) is 0 Å². The van der Waals surface area contributed by atoms with E-state index >= 15 is 0 Å². The van der Waals surface area contributed by atoms with Gasteiger partial charge in [0.25, 0.3) is 0 Å². The summed E-state index contributed by atoms with van der Waals surface area (Å²) in [4.78, 5) is 0. The third-order valence-electron chi connectivity index (χ3n) is 8.55. The van der Waals surface area contributed by atoms with E-state index in [2.05, 4.69) is 0 Å². The maximum atomic E-state index is 13.8. The Balaban J connectivity index is 1.95. The SMILES string of the molecule is FC(F)(F)c1cc(P(CCCCP(c2cc(C(F)(F)F)cc(C(F)(F)F)c2)c2cc(C(F)(F)F)cc(C(F)(F)F)c2)c2cc(C(F)(F)F)cc(C(F)(F)F)c2)cc(C(F)(F)F)c1. The van der Waals surface area contributed by atoms with Gasteiger partial charge in [-0.05, 0) is 135 Å². The van der Waals surface area contributed by atoms with Crippen molar-refractivity contribution in [1.29, 1.82) is 0 Å². The van der Waals surface area contributed by atoms with Gasteiger partial charge in [-0.15, -0.1) is 0 Å². The van der Waals surface area contributed by atoms with E-state index in [4.69, 9.17) is 0 Å². The highest BCUT2D eigenvalue weighted by atomic mass is 31.1. The molecule has 0 aliphatic heterocycles. The molecule has 0 spiro atoms. The molecule has 0 aliphatic rings. The molecule has 342 valence electrons. The molecule has 0 saturated carbocycles. The van der Waals surface area contributed by atoms with Gasteiger partial charge in [0.05, 0.1) is 44.5 Å². The third-order valence-corrected chi connectivity index (χ3v) is 13.6. The highest BCUT2D eigenvalue weighted by Gasteiger charge is 2.43. The maximum absolute atomic E-state index is 13.8. The van der Waals surface area contributed by atoms with Gasteiger partial charge < -0.3 is 0 Å². The molecule has 0 saturated heterocycles. The van der Waals surface area contributed by atoms with Crippen molar-refractivity contribution < 1.29 is 105 Å². The first kappa shape index (κ1) is 50.7. The van der Waals surface area contributed by atoms with Crippen molar-refractivity contribution in [2.75, 3.05) is 12.3 Å². The Bertz CT molecular complexity index is 1780. The maximum Gasteiger partial charge on any atom is 0.416 e. The van der Waals surface area contributed by atoms with Crippen molar-refractivity contribution in [2.24, 2.45) is 0 Å². The van der Waals surface area contributed by atoms with Gasteiger partial charge in [-0.25, -0.2) is 0 Å². The van der Waals surface area contributed by atoms with Crippen LogP contribution in [0.5, 0.6) is 0 Å². The number of benzene rings is 4. The minimum atomic E-state index is -5.61. The highest BCUT2D eigenvalue weighted by molar-refractivity contribution is 7.73. The molecule has 0 aromatic heterocycles. The van der Waals surface area contributed by atoms with Crippen LogP contribution in [0, 0.1) is 0 Å². The molecule has 0 N–H and O–H groups in total. The Morgan fingerprint density at radius 3 is 0.468 bits per heavy atom. The highest BCUT2D eigenvalue weighted by Crippen LogP contribution is 2.47. The van der Waals surface area contributed by atoms with Crippen LogP contribution >= 0.6 is 15.8 Å². The number of alkyl halides is 24. The molecule has 4 aromatic rings. The van der Waals surface area contributed by atoms with E-state index in [1.165, 1.54) is 0 Å². The summed E-state index contributed by atoms with van der Waals surface area (Å²) in [7, 11) is -6.43. The van der Waals surface area contributed by atoms with Crippen LogP contribution in [0.4, 0.5) is 105 Å². The van der Waals surface area contributed by atoms with E-state index in [0.29, 0.717) is 0 Å². The minimum Gasteiger partial charge on any atom is -0.166 e. The van der Waals surface area contributed by atoms with Gasteiger partial charge in [0.2, 0.25) is 0 Å². The number of rotatable bonds is 9. The number of hydrogen-bond donors (Lipinski definition) is 0. The van der Waals surface area contributed by atoms with Gasteiger partial charge in [-0.3, -0.25) is 0 Å². The summed E-state index contributed by atoms with van der Waals surface area (Å²) in [5.41, 5.74) is -16.6. The van der Waals surface area contributed by atoms with Gasteiger partial charge >= 0.3 is 49.4 Å². The lowest BCUT2D eigenvalue weighted by molar-refractivity contribution is -0.144. The molecular formula is C36H20F24P2. The van der Waals surface area contributed by atoms with Gasteiger partial charge in [-0.2, -0.15) is 105 Å². The summed E-state index contributed by atoms with van der Waals surface area (Å²) in [6.07, 6.45) is -48.5. The number of hydrogen-bond acceptors (Lipinski definition) is 0. The van der Waals surface area contributed by atoms with Crippen molar-refractivity contribution >= 4 is 37.1 Å². The normalized spacial score (nSPS) is 14.0. The molecule has 4 aromatic carbocycles. The van der Waals surface area contributed by atoms with E-state index in [0.717, 1.165) is 0 Å². The predicted molar refractivity (Wildman–Crippen MR) is 177 cm³/mol. The monoisotopic (exact) mass is 970 g/mol. The predicted octanol–water partition coefficient (Wildman–Crippen LogP) is 14.2. The van der Waals surface area contributed by atoms with Gasteiger partial charge in [0.15, 0.2) is 0 Å². The molecule has 0 fully saturated rings. The lowest BCUT2D eigenvalue weighted by Gasteiger charge is -2.25. The first-order valence-electron chi connectivity index (χ1n) is 16.5. The molecule has 4 rings (SSSR count). The summed E-state index contributed by atoms with van der Waals surface area (Å²) < 4.78 is 332. The largest absolute Gasteiger partial charge is 0.416 e. The molecule has 0 heterocycles. The van der Waals surface area contributed by atoms with Crippen LogP contribution in [0.3, 0.4) is 0 Å². The second-order valence-electron chi connectivity index (χ2n) is 13.1. The smallest absolute Gasteiger partial charge is 0.166 e. The molecule has 0 unspecified atom stereocenters. The quantitative estimate of drug-likeness (QED) is 0.0891. The van der Waals surface area contributed by atoms with E-state index in [1.807, 2.05) is 0 Å². The Morgan fingerprint density at radius 1 is 0.226 bits per heavy atom. The molecule has 0 nitrogen and oxygen atoms in total. The fraction of sp³-hybridized carbons (Fsp3) is 0.333. The topological polar surface area (TPSA) is 0 Å². The van der Waals surface area contributed by atoms with E-state index in [-0.39, 0.29) is 48.5 Å². The van der Waals surface area contributed by atoms with Crippen LogP contribution in [0.2, 0.25) is 0 Å². The third kappa shape index (κ3) is 12.8. The van der Waals surface area contributed by atoms with Crippen molar-refractivity contribution in [3.05, 3.63) is 117 Å². The molecule has 0 amide bonds. The van der Waals surface area contributed by atoms with Crippen LogP contribution in [0.25, 0.3) is 0 Å². The van der Waals surface area contributed by atoms with Crippen molar-refractivity contribution in [3.8, 4) is 0 Å². The molecule has 0 atom stereocenters. The number of halogens is 24. The second-order valence-corrected chi connectivity index (χ2v) is 17.7. The molecule has 0 radical (unpaired) electrons. The van der Waals surface area contributed by atoms with Gasteiger partial charge in [-0.1, -0.05) is 0 Å². The fourth-order valence-corrected chi connectivity index (χ4v) is 10.8. The second kappa shape index (κ2) is 17.2. The van der Waals surface area contributed by atoms with Crippen LogP contribution in [-0.4, -0.2) is 12.3 Å². The molecule has 26 heteroatoms. The Morgan fingerprint density at radius 2 is 0.355 bits per heavy atom. The zero-order valence-corrected chi connectivity index (χ0v) is 31.5. The Labute approximate surface area is 334 Å². The first-order chi connectivity index (χ1) is 27.8. The van der Waals surface area contributed by atoms with Crippen molar-refractivity contribution in [3.63, 3.8) is 0 Å². The van der Waals surface area contributed by atoms with E-state index in [9.17, 15) is 105 Å². The van der Waals surface area contributed by atoms with E-state index < -0.39 is 180 Å². The molecular weight excluding hydrogens is 950 g/mol. The lowest BCUT2D eigenvalue weighted by atomic mass is 10.1.